The minimum absolute atomic E-state index is 0.565. The molecule has 2 heterocycles. The molecular weight excluding hydrogens is 216 g/mol. The number of methoxy groups -OCH3 is 1. The van der Waals surface area contributed by atoms with Gasteiger partial charge in [-0.2, -0.15) is 0 Å². The number of hydrogen-bond donors (Lipinski definition) is 1. The third kappa shape index (κ3) is 2.50. The Morgan fingerprint density at radius 2 is 2.06 bits per heavy atom. The van der Waals surface area contributed by atoms with Crippen molar-refractivity contribution in [1.82, 2.24) is 15.0 Å². The van der Waals surface area contributed by atoms with Gasteiger partial charge >= 0.3 is 0 Å². The Hall–Kier alpha value is -2.17. The van der Waals surface area contributed by atoms with Gasteiger partial charge in [0.05, 0.1) is 12.8 Å². The molecule has 0 saturated carbocycles. The number of anilines is 1. The first-order chi connectivity index (χ1) is 8.35. The van der Waals surface area contributed by atoms with Crippen LogP contribution in [-0.4, -0.2) is 28.6 Å². The summed E-state index contributed by atoms with van der Waals surface area (Å²) in [7, 11) is 1.59. The number of hydrogen-bond acceptors (Lipinski definition) is 5. The maximum absolute atomic E-state index is 5.10. The number of aromatic nitrogens is 3. The highest BCUT2D eigenvalue weighted by atomic mass is 16.5. The van der Waals surface area contributed by atoms with Crippen LogP contribution in [0.1, 0.15) is 6.92 Å². The van der Waals surface area contributed by atoms with Crippen molar-refractivity contribution in [3.05, 3.63) is 30.6 Å². The van der Waals surface area contributed by atoms with Gasteiger partial charge in [-0.3, -0.25) is 0 Å². The largest absolute Gasteiger partial charge is 0.481 e. The third-order valence-electron chi connectivity index (χ3n) is 2.22. The van der Waals surface area contributed by atoms with Crippen molar-refractivity contribution >= 4 is 5.82 Å². The van der Waals surface area contributed by atoms with E-state index in [1.807, 2.05) is 19.1 Å². The topological polar surface area (TPSA) is 59.9 Å². The predicted molar refractivity (Wildman–Crippen MR) is 66.0 cm³/mol. The molecule has 0 aliphatic heterocycles. The molecule has 0 atom stereocenters. The Kier molecular flexibility index (Phi) is 3.49. The van der Waals surface area contributed by atoms with E-state index in [1.165, 1.54) is 0 Å². The molecule has 0 amide bonds. The van der Waals surface area contributed by atoms with Crippen LogP contribution in [0.3, 0.4) is 0 Å². The summed E-state index contributed by atoms with van der Waals surface area (Å²) in [5, 5.41) is 3.16. The van der Waals surface area contributed by atoms with E-state index in [-0.39, 0.29) is 0 Å². The smallest absolute Gasteiger partial charge is 0.213 e. The van der Waals surface area contributed by atoms with E-state index < -0.39 is 0 Å². The van der Waals surface area contributed by atoms with E-state index in [0.717, 1.165) is 23.8 Å². The Balaban J connectivity index is 2.44. The summed E-state index contributed by atoms with van der Waals surface area (Å²) in [5.74, 6) is 1.30. The quantitative estimate of drug-likeness (QED) is 0.870. The van der Waals surface area contributed by atoms with Crippen molar-refractivity contribution in [2.75, 3.05) is 19.0 Å². The van der Waals surface area contributed by atoms with E-state index in [4.69, 9.17) is 4.74 Å². The van der Waals surface area contributed by atoms with E-state index in [0.29, 0.717) is 5.88 Å². The van der Waals surface area contributed by atoms with Crippen LogP contribution >= 0.6 is 0 Å². The lowest BCUT2D eigenvalue weighted by Gasteiger charge is -2.08. The van der Waals surface area contributed by atoms with Gasteiger partial charge in [-0.1, -0.05) is 6.07 Å². The number of nitrogens with one attached hydrogen (secondary N) is 1. The van der Waals surface area contributed by atoms with Gasteiger partial charge in [0.2, 0.25) is 5.88 Å². The molecule has 5 heteroatoms. The molecule has 0 radical (unpaired) electrons. The predicted octanol–water partition coefficient (Wildman–Crippen LogP) is 1.98. The lowest BCUT2D eigenvalue weighted by Crippen LogP contribution is -2.03. The van der Waals surface area contributed by atoms with Crippen LogP contribution in [0.5, 0.6) is 5.88 Å². The highest BCUT2D eigenvalue weighted by Crippen LogP contribution is 2.22. The van der Waals surface area contributed by atoms with Gasteiger partial charge in [0.25, 0.3) is 0 Å². The molecule has 5 nitrogen and oxygen atoms in total. The Morgan fingerprint density at radius 3 is 2.82 bits per heavy atom. The molecule has 0 bridgehead atoms. The van der Waals surface area contributed by atoms with Crippen LogP contribution in [0.25, 0.3) is 11.4 Å². The van der Waals surface area contributed by atoms with Crippen molar-refractivity contribution in [1.29, 1.82) is 0 Å². The van der Waals surface area contributed by atoms with Gasteiger partial charge in [-0.15, -0.1) is 0 Å². The highest BCUT2D eigenvalue weighted by molar-refractivity contribution is 5.68. The number of nitrogens with zero attached hydrogens (tertiary/aromatic N) is 3. The number of pyridine rings is 1. The van der Waals surface area contributed by atoms with Crippen LogP contribution in [0.4, 0.5) is 5.82 Å². The molecule has 0 saturated heterocycles. The normalized spacial score (nSPS) is 10.0. The van der Waals surface area contributed by atoms with Crippen molar-refractivity contribution in [3.63, 3.8) is 0 Å². The molecule has 0 aliphatic rings. The first-order valence-electron chi connectivity index (χ1n) is 5.41. The monoisotopic (exact) mass is 230 g/mol. The second-order valence-electron chi connectivity index (χ2n) is 3.35. The summed E-state index contributed by atoms with van der Waals surface area (Å²) in [4.78, 5) is 12.9. The Bertz CT molecular complexity index is 501. The van der Waals surface area contributed by atoms with Gasteiger partial charge < -0.3 is 10.1 Å². The highest BCUT2D eigenvalue weighted by Gasteiger charge is 2.08. The molecule has 0 spiro atoms. The zero-order valence-electron chi connectivity index (χ0n) is 9.84. The molecule has 88 valence electrons. The van der Waals surface area contributed by atoms with Gasteiger partial charge in [0.1, 0.15) is 5.69 Å². The Labute approximate surface area is 99.9 Å². The molecule has 0 aliphatic carbocycles. The van der Waals surface area contributed by atoms with E-state index in [2.05, 4.69) is 20.3 Å². The second-order valence-corrected chi connectivity index (χ2v) is 3.35. The lowest BCUT2D eigenvalue weighted by atomic mass is 10.2. The van der Waals surface area contributed by atoms with Crippen molar-refractivity contribution < 1.29 is 4.74 Å². The van der Waals surface area contributed by atoms with Gasteiger partial charge in [-0.05, 0) is 13.0 Å². The minimum atomic E-state index is 0.565. The summed E-state index contributed by atoms with van der Waals surface area (Å²) in [5.41, 5.74) is 1.47. The van der Waals surface area contributed by atoms with Crippen LogP contribution in [0.15, 0.2) is 30.6 Å². The fraction of sp³-hybridized carbons (Fsp3) is 0.250. The maximum atomic E-state index is 5.10. The average molecular weight is 230 g/mol. The van der Waals surface area contributed by atoms with Crippen LogP contribution < -0.4 is 10.1 Å². The SMILES string of the molecule is CCNc1nccnc1-c1cccc(OC)n1. The zero-order valence-corrected chi connectivity index (χ0v) is 9.84. The summed E-state index contributed by atoms with van der Waals surface area (Å²) in [6, 6.07) is 5.56. The van der Waals surface area contributed by atoms with Gasteiger partial charge in [-0.25, -0.2) is 15.0 Å². The first kappa shape index (κ1) is 11.3. The molecular formula is C12H14N4O. The lowest BCUT2D eigenvalue weighted by molar-refractivity contribution is 0.398. The molecule has 0 unspecified atom stereocenters. The van der Waals surface area contributed by atoms with E-state index >= 15 is 0 Å². The standard InChI is InChI=1S/C12H14N4O/c1-3-13-12-11(14-7-8-15-12)9-5-4-6-10(16-9)17-2/h4-8H,3H2,1-2H3,(H,13,15). The third-order valence-corrected chi connectivity index (χ3v) is 2.22. The first-order valence-corrected chi connectivity index (χ1v) is 5.41. The minimum Gasteiger partial charge on any atom is -0.481 e. The fourth-order valence-electron chi connectivity index (χ4n) is 1.48. The van der Waals surface area contributed by atoms with Crippen LogP contribution in [0, 0.1) is 0 Å². The Morgan fingerprint density at radius 1 is 1.24 bits per heavy atom. The van der Waals surface area contributed by atoms with Crippen LogP contribution in [-0.2, 0) is 0 Å². The van der Waals surface area contributed by atoms with Gasteiger partial charge in [0, 0.05) is 25.0 Å². The summed E-state index contributed by atoms with van der Waals surface area (Å²) < 4.78 is 5.10. The second kappa shape index (κ2) is 5.25. The summed E-state index contributed by atoms with van der Waals surface area (Å²) >= 11 is 0. The summed E-state index contributed by atoms with van der Waals surface area (Å²) in [6.07, 6.45) is 3.30. The van der Waals surface area contributed by atoms with Crippen LogP contribution in [0.2, 0.25) is 0 Å². The van der Waals surface area contributed by atoms with Crippen molar-refractivity contribution in [3.8, 4) is 17.3 Å². The molecule has 2 aromatic rings. The molecule has 0 aromatic carbocycles. The summed E-state index contributed by atoms with van der Waals surface area (Å²) in [6.45, 7) is 2.80. The molecule has 17 heavy (non-hydrogen) atoms. The van der Waals surface area contributed by atoms with E-state index in [9.17, 15) is 0 Å². The average Bonchev–Trinajstić information content (AvgIpc) is 2.40. The fourth-order valence-corrected chi connectivity index (χ4v) is 1.48. The van der Waals surface area contributed by atoms with Gasteiger partial charge in [0.15, 0.2) is 5.82 Å². The molecule has 1 N–H and O–H groups in total. The number of ether oxygens (including phenoxy) is 1. The van der Waals surface area contributed by atoms with Crippen molar-refractivity contribution in [2.24, 2.45) is 0 Å². The molecule has 2 aromatic heterocycles. The molecule has 2 rings (SSSR count). The van der Waals surface area contributed by atoms with Crippen molar-refractivity contribution in [2.45, 2.75) is 6.92 Å². The number of rotatable bonds is 4. The van der Waals surface area contributed by atoms with E-state index in [1.54, 1.807) is 25.6 Å². The maximum Gasteiger partial charge on any atom is 0.213 e. The zero-order chi connectivity index (χ0) is 12.1. The molecule has 0 fully saturated rings.